The fourth-order valence-corrected chi connectivity index (χ4v) is 1.35. The van der Waals surface area contributed by atoms with Crippen LogP contribution in [-0.2, 0) is 0 Å². The van der Waals surface area contributed by atoms with Gasteiger partial charge in [-0.15, -0.1) is 0 Å². The van der Waals surface area contributed by atoms with Crippen LogP contribution in [0.15, 0.2) is 30.7 Å². The van der Waals surface area contributed by atoms with E-state index in [0.29, 0.717) is 0 Å². The third-order valence-electron chi connectivity index (χ3n) is 1.94. The number of aromatic nitrogens is 3. The minimum absolute atomic E-state index is 0.757. The summed E-state index contributed by atoms with van der Waals surface area (Å²) in [6.45, 7) is 0. The number of hydrogen-bond donors (Lipinski definition) is 0. The standard InChI is InChI=1S/C8H5BN3O/c1-2-6-7(10-3-1)12-5-4-11-8(12)9-13-6/h1-5H. The van der Waals surface area contributed by atoms with Crippen LogP contribution in [0.5, 0.6) is 5.75 Å². The van der Waals surface area contributed by atoms with E-state index in [1.165, 1.54) is 0 Å². The fourth-order valence-electron chi connectivity index (χ4n) is 1.35. The van der Waals surface area contributed by atoms with Crippen LogP contribution in [0.4, 0.5) is 0 Å². The van der Waals surface area contributed by atoms with E-state index in [1.807, 2.05) is 22.9 Å². The molecular formula is C8H5BN3O. The first-order chi connectivity index (χ1) is 6.45. The first kappa shape index (κ1) is 6.71. The van der Waals surface area contributed by atoms with E-state index >= 15 is 0 Å². The van der Waals surface area contributed by atoms with Crippen LogP contribution in [0.1, 0.15) is 0 Å². The van der Waals surface area contributed by atoms with Gasteiger partial charge in [0.05, 0.1) is 0 Å². The van der Waals surface area contributed by atoms with Crippen LogP contribution >= 0.6 is 0 Å². The van der Waals surface area contributed by atoms with Crippen molar-refractivity contribution in [3.8, 4) is 11.6 Å². The van der Waals surface area contributed by atoms with Crippen LogP contribution in [-0.4, -0.2) is 22.0 Å². The molecule has 0 bridgehead atoms. The molecule has 0 fully saturated rings. The second-order valence-electron chi connectivity index (χ2n) is 2.72. The van der Waals surface area contributed by atoms with Crippen LogP contribution in [0, 0.1) is 0 Å². The summed E-state index contributed by atoms with van der Waals surface area (Å²) >= 11 is 0. The van der Waals surface area contributed by atoms with Crippen molar-refractivity contribution in [2.24, 2.45) is 0 Å². The van der Waals surface area contributed by atoms with Crippen molar-refractivity contribution in [1.29, 1.82) is 0 Å². The molecule has 0 aliphatic carbocycles. The third-order valence-corrected chi connectivity index (χ3v) is 1.94. The van der Waals surface area contributed by atoms with Crippen molar-refractivity contribution in [2.45, 2.75) is 0 Å². The van der Waals surface area contributed by atoms with Gasteiger partial charge >= 0.3 is 7.48 Å². The number of fused-ring (bicyclic) bond motifs is 3. The second kappa shape index (κ2) is 2.35. The molecule has 3 heterocycles. The predicted molar refractivity (Wildman–Crippen MR) is 47.4 cm³/mol. The van der Waals surface area contributed by atoms with Crippen molar-refractivity contribution >= 4 is 13.2 Å². The van der Waals surface area contributed by atoms with E-state index in [4.69, 9.17) is 4.65 Å². The van der Waals surface area contributed by atoms with Crippen molar-refractivity contribution < 1.29 is 4.65 Å². The molecule has 0 saturated heterocycles. The van der Waals surface area contributed by atoms with Gasteiger partial charge in [-0.25, -0.2) is 9.97 Å². The highest BCUT2D eigenvalue weighted by Gasteiger charge is 2.19. The van der Waals surface area contributed by atoms with E-state index in [-0.39, 0.29) is 0 Å². The lowest BCUT2D eigenvalue weighted by Crippen LogP contribution is -2.34. The summed E-state index contributed by atoms with van der Waals surface area (Å²) in [4.78, 5) is 8.31. The number of nitrogens with zero attached hydrogens (tertiary/aromatic N) is 3. The maximum absolute atomic E-state index is 5.34. The Bertz CT molecular complexity index is 454. The molecule has 13 heavy (non-hydrogen) atoms. The Morgan fingerprint density at radius 3 is 3.31 bits per heavy atom. The largest absolute Gasteiger partial charge is 0.553 e. The van der Waals surface area contributed by atoms with E-state index in [0.717, 1.165) is 17.3 Å². The molecule has 1 aliphatic rings. The van der Waals surface area contributed by atoms with Gasteiger partial charge < -0.3 is 4.65 Å². The normalized spacial score (nSPS) is 12.3. The fraction of sp³-hybridized carbons (Fsp3) is 0. The molecule has 0 saturated carbocycles. The Hall–Kier alpha value is -1.78. The summed E-state index contributed by atoms with van der Waals surface area (Å²) in [5.41, 5.74) is 0.770. The number of pyridine rings is 1. The monoisotopic (exact) mass is 170 g/mol. The average Bonchev–Trinajstić information content (AvgIpc) is 2.65. The quantitative estimate of drug-likeness (QED) is 0.518. The van der Waals surface area contributed by atoms with Crippen molar-refractivity contribution in [3.05, 3.63) is 30.7 Å². The molecule has 1 aliphatic heterocycles. The van der Waals surface area contributed by atoms with Gasteiger partial charge in [0.15, 0.2) is 5.82 Å². The molecule has 0 aromatic carbocycles. The summed E-state index contributed by atoms with van der Waals surface area (Å²) in [5, 5.41) is 0. The van der Waals surface area contributed by atoms with Gasteiger partial charge in [0, 0.05) is 18.6 Å². The highest BCUT2D eigenvalue weighted by Crippen LogP contribution is 2.20. The SMILES string of the molecule is [B]1Oc2cccnc2-n2ccnc21. The lowest BCUT2D eigenvalue weighted by atomic mass is 9.98. The predicted octanol–water partition coefficient (Wildman–Crippen LogP) is -0.0958. The Morgan fingerprint density at radius 1 is 1.31 bits per heavy atom. The smallest absolute Gasteiger partial charge is 0.450 e. The molecule has 5 heteroatoms. The maximum Gasteiger partial charge on any atom is 0.450 e. The van der Waals surface area contributed by atoms with Gasteiger partial charge in [0.1, 0.15) is 11.5 Å². The minimum Gasteiger partial charge on any atom is -0.553 e. The molecule has 2 aromatic rings. The molecule has 61 valence electrons. The minimum atomic E-state index is 0.757. The van der Waals surface area contributed by atoms with E-state index in [2.05, 4.69) is 9.97 Å². The maximum atomic E-state index is 5.34. The zero-order valence-corrected chi connectivity index (χ0v) is 6.71. The van der Waals surface area contributed by atoms with Gasteiger partial charge in [-0.3, -0.25) is 4.57 Å². The first-order valence-corrected chi connectivity index (χ1v) is 3.94. The number of rotatable bonds is 0. The zero-order chi connectivity index (χ0) is 8.67. The third kappa shape index (κ3) is 0.868. The van der Waals surface area contributed by atoms with Gasteiger partial charge in [-0.05, 0) is 12.1 Å². The highest BCUT2D eigenvalue weighted by atomic mass is 16.4. The second-order valence-corrected chi connectivity index (χ2v) is 2.72. The Morgan fingerprint density at radius 2 is 2.31 bits per heavy atom. The zero-order valence-electron chi connectivity index (χ0n) is 6.71. The van der Waals surface area contributed by atoms with E-state index < -0.39 is 0 Å². The molecule has 4 nitrogen and oxygen atoms in total. The first-order valence-electron chi connectivity index (χ1n) is 3.94. The molecule has 0 unspecified atom stereocenters. The lowest BCUT2D eigenvalue weighted by molar-refractivity contribution is 0.580. The van der Waals surface area contributed by atoms with E-state index in [1.54, 1.807) is 19.9 Å². The van der Waals surface area contributed by atoms with Crippen LogP contribution in [0.25, 0.3) is 5.82 Å². The molecule has 0 N–H and O–H groups in total. The molecule has 0 amide bonds. The van der Waals surface area contributed by atoms with Crippen LogP contribution in [0.3, 0.4) is 0 Å². The molecule has 2 aromatic heterocycles. The Balaban J connectivity index is 2.30. The number of imidazole rings is 1. The Kier molecular flexibility index (Phi) is 1.22. The highest BCUT2D eigenvalue weighted by molar-refractivity contribution is 6.46. The van der Waals surface area contributed by atoms with Crippen LogP contribution < -0.4 is 10.4 Å². The topological polar surface area (TPSA) is 39.9 Å². The lowest BCUT2D eigenvalue weighted by Gasteiger charge is -2.16. The number of hydrogen-bond acceptors (Lipinski definition) is 3. The van der Waals surface area contributed by atoms with Crippen molar-refractivity contribution in [2.75, 3.05) is 0 Å². The average molecular weight is 170 g/mol. The summed E-state index contributed by atoms with van der Waals surface area (Å²) in [7, 11) is 1.62. The summed E-state index contributed by atoms with van der Waals surface area (Å²) < 4.78 is 7.23. The van der Waals surface area contributed by atoms with Gasteiger partial charge in [-0.1, -0.05) is 0 Å². The molecule has 0 spiro atoms. The molecular weight excluding hydrogens is 165 g/mol. The molecule has 1 radical (unpaired) electrons. The summed E-state index contributed by atoms with van der Waals surface area (Å²) in [6, 6.07) is 3.72. The Labute approximate surface area is 75.5 Å². The summed E-state index contributed by atoms with van der Waals surface area (Å²) in [6.07, 6.45) is 5.32. The molecule has 0 atom stereocenters. The summed E-state index contributed by atoms with van der Waals surface area (Å²) in [5.74, 6) is 1.55. The van der Waals surface area contributed by atoms with Gasteiger partial charge in [0.25, 0.3) is 0 Å². The van der Waals surface area contributed by atoms with Crippen LogP contribution in [0.2, 0.25) is 0 Å². The van der Waals surface area contributed by atoms with Crippen molar-refractivity contribution in [3.63, 3.8) is 0 Å². The van der Waals surface area contributed by atoms with Crippen molar-refractivity contribution in [1.82, 2.24) is 14.5 Å². The van der Waals surface area contributed by atoms with E-state index in [9.17, 15) is 0 Å². The van der Waals surface area contributed by atoms with Gasteiger partial charge in [0.2, 0.25) is 0 Å². The van der Waals surface area contributed by atoms with Gasteiger partial charge in [-0.2, -0.15) is 0 Å². The molecule has 3 rings (SSSR count).